The van der Waals surface area contributed by atoms with Crippen molar-refractivity contribution in [3.05, 3.63) is 12.7 Å². The minimum absolute atomic E-state index is 0.102. The van der Waals surface area contributed by atoms with Gasteiger partial charge in [-0.15, -0.1) is 0 Å². The fourth-order valence-corrected chi connectivity index (χ4v) is 1.27. The van der Waals surface area contributed by atoms with Gasteiger partial charge in [-0.2, -0.15) is 5.10 Å². The molecule has 0 aliphatic heterocycles. The van der Waals surface area contributed by atoms with Crippen molar-refractivity contribution in [3.8, 4) is 0 Å². The second-order valence-corrected chi connectivity index (χ2v) is 3.90. The molecule has 0 aliphatic rings. The van der Waals surface area contributed by atoms with Crippen molar-refractivity contribution in [2.75, 3.05) is 19.6 Å². The van der Waals surface area contributed by atoms with E-state index in [1.54, 1.807) is 13.8 Å². The number of rotatable bonds is 7. The van der Waals surface area contributed by atoms with Gasteiger partial charge in [0.05, 0.1) is 6.10 Å². The minimum Gasteiger partial charge on any atom is -0.392 e. The zero-order valence-corrected chi connectivity index (χ0v) is 10.1. The fourth-order valence-electron chi connectivity index (χ4n) is 1.27. The summed E-state index contributed by atoms with van der Waals surface area (Å²) >= 11 is 0. The molecule has 2 atom stereocenters. The van der Waals surface area contributed by atoms with Crippen LogP contribution in [0.2, 0.25) is 0 Å². The zero-order chi connectivity index (χ0) is 12.7. The minimum atomic E-state index is -0.375. The van der Waals surface area contributed by atoms with Crippen LogP contribution >= 0.6 is 0 Å². The quantitative estimate of drug-likeness (QED) is 0.528. The van der Waals surface area contributed by atoms with Crippen LogP contribution < -0.4 is 10.6 Å². The summed E-state index contributed by atoms with van der Waals surface area (Å²) in [7, 11) is 0. The maximum Gasteiger partial charge on any atom is 0.244 e. The third-order valence-corrected chi connectivity index (χ3v) is 2.25. The third kappa shape index (κ3) is 4.92. The number of nitrogens with zero attached hydrogens (tertiary/aromatic N) is 3. The number of amides is 1. The van der Waals surface area contributed by atoms with E-state index in [0.29, 0.717) is 19.6 Å². The lowest BCUT2D eigenvalue weighted by atomic mass is 10.3. The standard InChI is InChI=1S/C10H19N5O2/c1-8(16)5-11-3-4-13-10(17)9(2)15-7-12-6-14-15/h6-9,11,16H,3-5H2,1-2H3,(H,13,17). The van der Waals surface area contributed by atoms with E-state index in [-0.39, 0.29) is 18.1 Å². The molecule has 2 unspecified atom stereocenters. The average molecular weight is 241 g/mol. The van der Waals surface area contributed by atoms with E-state index in [4.69, 9.17) is 5.11 Å². The van der Waals surface area contributed by atoms with Crippen LogP contribution in [0, 0.1) is 0 Å². The van der Waals surface area contributed by atoms with E-state index in [2.05, 4.69) is 20.7 Å². The first-order valence-corrected chi connectivity index (χ1v) is 5.62. The zero-order valence-electron chi connectivity index (χ0n) is 10.1. The predicted molar refractivity (Wildman–Crippen MR) is 62.3 cm³/mol. The molecule has 1 amide bonds. The molecule has 17 heavy (non-hydrogen) atoms. The van der Waals surface area contributed by atoms with E-state index in [1.165, 1.54) is 17.3 Å². The smallest absolute Gasteiger partial charge is 0.244 e. The number of carbonyl (C=O) groups excluding carboxylic acids is 1. The first-order valence-electron chi connectivity index (χ1n) is 5.62. The summed E-state index contributed by atoms with van der Waals surface area (Å²) in [5.41, 5.74) is 0. The Hall–Kier alpha value is -1.47. The molecule has 1 aromatic heterocycles. The normalized spacial score (nSPS) is 14.3. The molecule has 1 heterocycles. The molecular weight excluding hydrogens is 222 g/mol. The summed E-state index contributed by atoms with van der Waals surface area (Å²) in [6.07, 6.45) is 2.53. The van der Waals surface area contributed by atoms with Gasteiger partial charge in [0.2, 0.25) is 5.91 Å². The van der Waals surface area contributed by atoms with Crippen molar-refractivity contribution < 1.29 is 9.90 Å². The highest BCUT2D eigenvalue weighted by molar-refractivity contribution is 5.79. The van der Waals surface area contributed by atoms with Gasteiger partial charge < -0.3 is 15.7 Å². The third-order valence-electron chi connectivity index (χ3n) is 2.25. The number of nitrogens with one attached hydrogen (secondary N) is 2. The summed E-state index contributed by atoms with van der Waals surface area (Å²) in [6.45, 7) is 5.13. The topological polar surface area (TPSA) is 92.1 Å². The fraction of sp³-hybridized carbons (Fsp3) is 0.700. The molecule has 0 aromatic carbocycles. The van der Waals surface area contributed by atoms with E-state index in [0.717, 1.165) is 0 Å². The van der Waals surface area contributed by atoms with Crippen LogP contribution in [-0.2, 0) is 4.79 Å². The number of hydrogen-bond donors (Lipinski definition) is 3. The van der Waals surface area contributed by atoms with Gasteiger partial charge in [0, 0.05) is 19.6 Å². The van der Waals surface area contributed by atoms with Crippen LogP contribution in [0.4, 0.5) is 0 Å². The summed E-state index contributed by atoms with van der Waals surface area (Å²) in [5, 5.41) is 18.7. The van der Waals surface area contributed by atoms with Gasteiger partial charge in [-0.3, -0.25) is 4.79 Å². The van der Waals surface area contributed by atoms with Crippen LogP contribution in [0.3, 0.4) is 0 Å². The lowest BCUT2D eigenvalue weighted by Gasteiger charge is -2.12. The van der Waals surface area contributed by atoms with Gasteiger partial charge in [-0.1, -0.05) is 0 Å². The number of aromatic nitrogens is 3. The van der Waals surface area contributed by atoms with Gasteiger partial charge >= 0.3 is 0 Å². The number of aliphatic hydroxyl groups is 1. The Morgan fingerprint density at radius 1 is 1.47 bits per heavy atom. The van der Waals surface area contributed by atoms with E-state index < -0.39 is 0 Å². The molecule has 0 aliphatic carbocycles. The highest BCUT2D eigenvalue weighted by Crippen LogP contribution is 2.00. The van der Waals surface area contributed by atoms with Crippen molar-refractivity contribution in [2.45, 2.75) is 26.0 Å². The lowest BCUT2D eigenvalue weighted by molar-refractivity contribution is -0.124. The monoisotopic (exact) mass is 241 g/mol. The molecule has 0 fully saturated rings. The van der Waals surface area contributed by atoms with Crippen LogP contribution in [0.15, 0.2) is 12.7 Å². The molecule has 0 radical (unpaired) electrons. The van der Waals surface area contributed by atoms with Gasteiger partial charge in [0.15, 0.2) is 0 Å². The van der Waals surface area contributed by atoms with Gasteiger partial charge in [0.25, 0.3) is 0 Å². The Morgan fingerprint density at radius 2 is 2.24 bits per heavy atom. The number of aliphatic hydroxyl groups excluding tert-OH is 1. The predicted octanol–water partition coefficient (Wildman–Crippen LogP) is -1.07. The molecule has 0 bridgehead atoms. The Labute approximate surface area is 100 Å². The van der Waals surface area contributed by atoms with Crippen LogP contribution in [0.25, 0.3) is 0 Å². The largest absolute Gasteiger partial charge is 0.392 e. The SMILES string of the molecule is CC(O)CNCCNC(=O)C(C)n1cncn1. The highest BCUT2D eigenvalue weighted by Gasteiger charge is 2.14. The molecular formula is C10H19N5O2. The maximum absolute atomic E-state index is 11.7. The van der Waals surface area contributed by atoms with Crippen LogP contribution in [0.1, 0.15) is 19.9 Å². The Kier molecular flexibility index (Phi) is 5.58. The molecule has 7 heteroatoms. The number of hydrogen-bond acceptors (Lipinski definition) is 5. The Morgan fingerprint density at radius 3 is 2.82 bits per heavy atom. The summed E-state index contributed by atoms with van der Waals surface area (Å²) in [5.74, 6) is -0.102. The van der Waals surface area contributed by atoms with Crippen molar-refractivity contribution in [2.24, 2.45) is 0 Å². The maximum atomic E-state index is 11.7. The van der Waals surface area contributed by atoms with Crippen molar-refractivity contribution in [3.63, 3.8) is 0 Å². The average Bonchev–Trinajstić information content (AvgIpc) is 2.80. The van der Waals surface area contributed by atoms with Crippen LogP contribution in [0.5, 0.6) is 0 Å². The molecule has 0 saturated heterocycles. The second-order valence-electron chi connectivity index (χ2n) is 3.90. The van der Waals surface area contributed by atoms with E-state index in [9.17, 15) is 4.79 Å². The van der Waals surface area contributed by atoms with Gasteiger partial charge in [0.1, 0.15) is 18.7 Å². The van der Waals surface area contributed by atoms with E-state index >= 15 is 0 Å². The Balaban J connectivity index is 2.17. The summed E-state index contributed by atoms with van der Waals surface area (Å²) < 4.78 is 1.50. The molecule has 3 N–H and O–H groups in total. The van der Waals surface area contributed by atoms with Crippen molar-refractivity contribution in [1.82, 2.24) is 25.4 Å². The van der Waals surface area contributed by atoms with E-state index in [1.807, 2.05) is 0 Å². The van der Waals surface area contributed by atoms with Gasteiger partial charge in [-0.05, 0) is 13.8 Å². The lowest BCUT2D eigenvalue weighted by Crippen LogP contribution is -2.37. The van der Waals surface area contributed by atoms with Crippen molar-refractivity contribution >= 4 is 5.91 Å². The molecule has 0 spiro atoms. The molecule has 96 valence electrons. The first-order chi connectivity index (χ1) is 8.11. The first kappa shape index (κ1) is 13.6. The Bertz CT molecular complexity index is 325. The molecule has 0 saturated carbocycles. The van der Waals surface area contributed by atoms with Gasteiger partial charge in [-0.25, -0.2) is 9.67 Å². The van der Waals surface area contributed by atoms with Crippen molar-refractivity contribution in [1.29, 1.82) is 0 Å². The second kappa shape index (κ2) is 6.97. The number of carbonyl (C=O) groups is 1. The molecule has 1 rings (SSSR count). The molecule has 1 aromatic rings. The summed E-state index contributed by atoms with van der Waals surface area (Å²) in [4.78, 5) is 15.4. The van der Waals surface area contributed by atoms with Crippen LogP contribution in [-0.4, -0.2) is 51.5 Å². The summed E-state index contributed by atoms with van der Waals surface area (Å²) in [6, 6.07) is -0.366. The highest BCUT2D eigenvalue weighted by atomic mass is 16.3. The molecule has 7 nitrogen and oxygen atoms in total.